The quantitative estimate of drug-likeness (QED) is 0.427. The zero-order chi connectivity index (χ0) is 22.8. The molecule has 0 bridgehead atoms. The molecule has 1 N–H and O–H groups in total. The molecule has 2 nitrogen and oxygen atoms in total. The fourth-order valence-corrected chi connectivity index (χ4v) is 4.36. The predicted octanol–water partition coefficient (Wildman–Crippen LogP) is 7.89. The van der Waals surface area contributed by atoms with Crippen LogP contribution in [0.25, 0.3) is 0 Å². The maximum atomic E-state index is 5.20. The van der Waals surface area contributed by atoms with Crippen molar-refractivity contribution >= 4 is 5.84 Å². The number of hydrogen-bond donors (Lipinski definition) is 1. The third kappa shape index (κ3) is 4.65. The van der Waals surface area contributed by atoms with Crippen LogP contribution in [0, 0.1) is 0 Å². The number of nitrogens with one attached hydrogen (secondary N) is 1. The first-order valence-corrected chi connectivity index (χ1v) is 12.0. The van der Waals surface area contributed by atoms with E-state index in [0.29, 0.717) is 17.8 Å². The summed E-state index contributed by atoms with van der Waals surface area (Å²) in [5.74, 6) is 2.58. The molecule has 0 spiro atoms. The van der Waals surface area contributed by atoms with Gasteiger partial charge in [-0.05, 0) is 45.6 Å². The number of hydrogen-bond acceptors (Lipinski definition) is 2. The fraction of sp³-hybridized carbons (Fsp3) is 0.367. The number of benzene rings is 3. The van der Waals surface area contributed by atoms with Gasteiger partial charge in [-0.25, -0.2) is 0 Å². The predicted molar refractivity (Wildman–Crippen MR) is 137 cm³/mol. The molecule has 2 heteroatoms. The molecule has 3 aromatic rings. The summed E-state index contributed by atoms with van der Waals surface area (Å²) in [5.41, 5.74) is 7.79. The Hall–Kier alpha value is -2.87. The second kappa shape index (κ2) is 9.32. The van der Waals surface area contributed by atoms with Gasteiger partial charge in [0.05, 0.1) is 6.04 Å². The Morgan fingerprint density at radius 1 is 0.562 bits per heavy atom. The molecule has 0 unspecified atom stereocenters. The lowest BCUT2D eigenvalue weighted by atomic mass is 9.91. The van der Waals surface area contributed by atoms with E-state index >= 15 is 0 Å². The van der Waals surface area contributed by atoms with Gasteiger partial charge in [0.25, 0.3) is 0 Å². The van der Waals surface area contributed by atoms with E-state index < -0.39 is 0 Å². The summed E-state index contributed by atoms with van der Waals surface area (Å²) in [6.07, 6.45) is 0. The van der Waals surface area contributed by atoms with E-state index in [1.165, 1.54) is 27.8 Å². The summed E-state index contributed by atoms with van der Waals surface area (Å²) in [5, 5.41) is 3.76. The van der Waals surface area contributed by atoms with Gasteiger partial charge in [-0.3, -0.25) is 4.99 Å². The Morgan fingerprint density at radius 2 is 0.969 bits per heavy atom. The van der Waals surface area contributed by atoms with Crippen LogP contribution < -0.4 is 5.32 Å². The average Bonchev–Trinajstić information content (AvgIpc) is 3.24. The first-order chi connectivity index (χ1) is 15.3. The van der Waals surface area contributed by atoms with Gasteiger partial charge in [0.15, 0.2) is 0 Å². The van der Waals surface area contributed by atoms with Crippen molar-refractivity contribution in [3.05, 3.63) is 106 Å². The summed E-state index contributed by atoms with van der Waals surface area (Å²) in [7, 11) is 0. The second-order valence-electron chi connectivity index (χ2n) is 9.96. The van der Waals surface area contributed by atoms with Crippen LogP contribution in [0.2, 0.25) is 0 Å². The van der Waals surface area contributed by atoms with E-state index in [2.05, 4.69) is 120 Å². The van der Waals surface area contributed by atoms with Gasteiger partial charge in [-0.15, -0.1) is 0 Å². The molecular weight excluding hydrogens is 388 g/mol. The van der Waals surface area contributed by atoms with Crippen LogP contribution in [0.5, 0.6) is 0 Å². The lowest BCUT2D eigenvalue weighted by molar-refractivity contribution is 0.572. The lowest BCUT2D eigenvalue weighted by Gasteiger charge is -2.21. The van der Waals surface area contributed by atoms with E-state index in [1.54, 1.807) is 0 Å². The fourth-order valence-electron chi connectivity index (χ4n) is 4.36. The summed E-state index contributed by atoms with van der Waals surface area (Å²) >= 11 is 0. The molecule has 0 radical (unpaired) electrons. The molecule has 3 aromatic carbocycles. The second-order valence-corrected chi connectivity index (χ2v) is 9.96. The summed E-state index contributed by atoms with van der Waals surface area (Å²) in [6.45, 7) is 13.4. The van der Waals surface area contributed by atoms with Gasteiger partial charge >= 0.3 is 0 Å². The smallest absolute Gasteiger partial charge is 0.129 e. The number of aliphatic imine (C=N–C) groups is 1. The minimum Gasteiger partial charge on any atom is -0.361 e. The summed E-state index contributed by atoms with van der Waals surface area (Å²) in [6, 6.07) is 27.1. The highest BCUT2D eigenvalue weighted by atomic mass is 15.1. The van der Waals surface area contributed by atoms with Gasteiger partial charge in [0.2, 0.25) is 0 Å². The molecule has 1 aliphatic rings. The molecule has 2 atom stereocenters. The van der Waals surface area contributed by atoms with Gasteiger partial charge in [0, 0.05) is 5.56 Å². The molecule has 0 saturated carbocycles. The molecule has 166 valence electrons. The highest BCUT2D eigenvalue weighted by Crippen LogP contribution is 2.38. The van der Waals surface area contributed by atoms with E-state index in [-0.39, 0.29) is 12.1 Å². The van der Waals surface area contributed by atoms with Gasteiger partial charge < -0.3 is 5.32 Å². The molecule has 0 saturated heterocycles. The number of nitrogens with zero attached hydrogens (tertiary/aromatic N) is 1. The van der Waals surface area contributed by atoms with Crippen molar-refractivity contribution in [2.24, 2.45) is 4.99 Å². The standard InChI is InChI=1S/C30H36N2/c1-19(2)22-7-13-25(14-8-22)28-29(26-15-9-23(10-16-26)20(3)4)32-30(31-28)27-17-11-24(12-18-27)21(5)6/h7-21,28-29H,1-6H3,(H,31,32)/t28-,29+. The van der Waals surface area contributed by atoms with Crippen LogP contribution >= 0.6 is 0 Å². The van der Waals surface area contributed by atoms with Crippen LogP contribution in [0.3, 0.4) is 0 Å². The largest absolute Gasteiger partial charge is 0.361 e. The Balaban J connectivity index is 1.69. The molecule has 0 amide bonds. The summed E-state index contributed by atoms with van der Waals surface area (Å²) < 4.78 is 0. The number of rotatable bonds is 6. The lowest BCUT2D eigenvalue weighted by Crippen LogP contribution is -2.25. The third-order valence-electron chi connectivity index (χ3n) is 6.63. The molecule has 1 aliphatic heterocycles. The monoisotopic (exact) mass is 424 g/mol. The van der Waals surface area contributed by atoms with Crippen molar-refractivity contribution < 1.29 is 0 Å². The first-order valence-electron chi connectivity index (χ1n) is 12.0. The molecule has 0 aromatic heterocycles. The molecule has 4 rings (SSSR count). The van der Waals surface area contributed by atoms with Crippen LogP contribution in [-0.2, 0) is 0 Å². The third-order valence-corrected chi connectivity index (χ3v) is 6.63. The Labute approximate surface area is 193 Å². The van der Waals surface area contributed by atoms with Crippen LogP contribution in [0.15, 0.2) is 77.8 Å². The normalized spacial score (nSPS) is 18.3. The SMILES string of the molecule is CC(C)c1ccc(C2=N[C@H](c3ccc(C(C)C)cc3)[C@H](c3ccc(C(C)C)cc3)N2)cc1. The highest BCUT2D eigenvalue weighted by Gasteiger charge is 2.32. The minimum absolute atomic E-state index is 0.0564. The molecule has 0 aliphatic carbocycles. The molecule has 0 fully saturated rings. The van der Waals surface area contributed by atoms with Gasteiger partial charge in [-0.2, -0.15) is 0 Å². The van der Waals surface area contributed by atoms with Crippen molar-refractivity contribution in [2.75, 3.05) is 0 Å². The van der Waals surface area contributed by atoms with E-state index in [9.17, 15) is 0 Å². The van der Waals surface area contributed by atoms with Crippen LogP contribution in [0.4, 0.5) is 0 Å². The first kappa shape index (κ1) is 22.3. The molecule has 32 heavy (non-hydrogen) atoms. The minimum atomic E-state index is 0.0564. The zero-order valence-corrected chi connectivity index (χ0v) is 20.3. The van der Waals surface area contributed by atoms with Crippen molar-refractivity contribution in [3.8, 4) is 0 Å². The number of amidine groups is 1. The van der Waals surface area contributed by atoms with E-state index in [0.717, 1.165) is 11.4 Å². The maximum absolute atomic E-state index is 5.20. The van der Waals surface area contributed by atoms with Crippen molar-refractivity contribution in [3.63, 3.8) is 0 Å². The zero-order valence-electron chi connectivity index (χ0n) is 20.3. The van der Waals surface area contributed by atoms with Gasteiger partial charge in [0.1, 0.15) is 11.9 Å². The average molecular weight is 425 g/mol. The van der Waals surface area contributed by atoms with Crippen LogP contribution in [0.1, 0.15) is 105 Å². The van der Waals surface area contributed by atoms with Gasteiger partial charge in [-0.1, -0.05) is 114 Å². The molecular formula is C30H36N2. The van der Waals surface area contributed by atoms with Crippen molar-refractivity contribution in [2.45, 2.75) is 71.4 Å². The van der Waals surface area contributed by atoms with E-state index in [1.807, 2.05) is 0 Å². The molecule has 1 heterocycles. The topological polar surface area (TPSA) is 24.4 Å². The van der Waals surface area contributed by atoms with Crippen molar-refractivity contribution in [1.29, 1.82) is 0 Å². The highest BCUT2D eigenvalue weighted by molar-refractivity contribution is 6.00. The Bertz CT molecular complexity index is 1060. The van der Waals surface area contributed by atoms with Crippen LogP contribution in [-0.4, -0.2) is 5.84 Å². The maximum Gasteiger partial charge on any atom is 0.129 e. The summed E-state index contributed by atoms with van der Waals surface area (Å²) in [4.78, 5) is 5.20. The Kier molecular flexibility index (Phi) is 6.50. The van der Waals surface area contributed by atoms with Crippen molar-refractivity contribution in [1.82, 2.24) is 5.32 Å². The van der Waals surface area contributed by atoms with E-state index in [4.69, 9.17) is 4.99 Å². The Morgan fingerprint density at radius 3 is 1.41 bits per heavy atom.